The van der Waals surface area contributed by atoms with Gasteiger partial charge in [0.15, 0.2) is 8.24 Å². The second-order valence-electron chi connectivity index (χ2n) is 9.72. The molecule has 3 aromatic rings. The van der Waals surface area contributed by atoms with E-state index in [1.165, 1.54) is 46.7 Å². The fraction of sp³-hybridized carbons (Fsp3) is 0.250. The van der Waals surface area contributed by atoms with Crippen LogP contribution in [-0.4, -0.2) is 20.5 Å². The highest BCUT2D eigenvalue weighted by atomic mass is 28.3. The molecule has 0 bridgehead atoms. The number of nitrogens with one attached hydrogen (secondary N) is 1. The Labute approximate surface area is 191 Å². The highest BCUT2D eigenvalue weighted by Gasteiger charge is 2.51. The van der Waals surface area contributed by atoms with Gasteiger partial charge in [0.05, 0.1) is 28.8 Å². The topological polar surface area (TPSA) is 27.6 Å². The van der Waals surface area contributed by atoms with Crippen LogP contribution in [0.3, 0.4) is 0 Å². The van der Waals surface area contributed by atoms with Crippen molar-refractivity contribution in [1.82, 2.24) is 0 Å². The normalized spacial score (nSPS) is 23.6. The summed E-state index contributed by atoms with van der Waals surface area (Å²) in [6.45, 7) is 5.10. The number of rotatable bonds is 3. The third-order valence-corrected chi connectivity index (χ3v) is 11.8. The first kappa shape index (κ1) is 19.6. The molecule has 1 fully saturated rings. The van der Waals surface area contributed by atoms with Gasteiger partial charge in [0.2, 0.25) is 0 Å². The summed E-state index contributed by atoms with van der Waals surface area (Å²) in [6.07, 6.45) is 6.79. The lowest BCUT2D eigenvalue weighted by molar-refractivity contribution is 0.588. The summed E-state index contributed by atoms with van der Waals surface area (Å²) in [5.74, 6) is 0.521. The fourth-order valence-corrected chi connectivity index (χ4v) is 10.2. The van der Waals surface area contributed by atoms with Crippen LogP contribution in [0.25, 0.3) is 5.57 Å². The van der Waals surface area contributed by atoms with Gasteiger partial charge in [0, 0.05) is 12.1 Å². The van der Waals surface area contributed by atoms with Crippen molar-refractivity contribution in [3.05, 3.63) is 90.5 Å². The van der Waals surface area contributed by atoms with Crippen molar-refractivity contribution in [1.29, 1.82) is 0 Å². The van der Waals surface area contributed by atoms with Gasteiger partial charge in [-0.05, 0) is 59.9 Å². The predicted molar refractivity (Wildman–Crippen MR) is 139 cm³/mol. The first-order valence-corrected chi connectivity index (χ1v) is 14.7. The lowest BCUT2D eigenvalue weighted by Crippen LogP contribution is -2.53. The number of allylic oxidation sites excluding steroid dienone is 1. The van der Waals surface area contributed by atoms with Crippen LogP contribution in [-0.2, 0) is 0 Å². The van der Waals surface area contributed by atoms with Crippen LogP contribution in [0, 0.1) is 5.92 Å². The highest BCUT2D eigenvalue weighted by Crippen LogP contribution is 2.55. The molecule has 0 spiro atoms. The minimum absolute atomic E-state index is 0.367. The van der Waals surface area contributed by atoms with E-state index in [0.29, 0.717) is 17.5 Å². The van der Waals surface area contributed by atoms with Crippen LogP contribution in [0.5, 0.6) is 0 Å². The zero-order valence-electron chi connectivity index (χ0n) is 18.7. The molecule has 0 amide bonds. The Hall–Kier alpha value is -3.11. The van der Waals surface area contributed by atoms with E-state index in [2.05, 4.69) is 114 Å². The Kier molecular flexibility index (Phi) is 4.58. The Morgan fingerprint density at radius 1 is 0.812 bits per heavy atom. The number of benzene rings is 3. The van der Waals surface area contributed by atoms with Crippen LogP contribution in [0.1, 0.15) is 18.4 Å². The highest BCUT2D eigenvalue weighted by molar-refractivity contribution is 6.84. The van der Waals surface area contributed by atoms with E-state index in [9.17, 15) is 0 Å². The molecule has 6 rings (SSSR count). The van der Waals surface area contributed by atoms with Crippen LogP contribution in [0.15, 0.2) is 89.9 Å². The molecule has 2 aliphatic heterocycles. The van der Waals surface area contributed by atoms with Gasteiger partial charge in [-0.1, -0.05) is 67.7 Å². The van der Waals surface area contributed by atoms with Crippen LogP contribution < -0.4 is 9.88 Å². The maximum Gasteiger partial charge on any atom is 0.161 e. The number of anilines is 4. The van der Waals surface area contributed by atoms with Gasteiger partial charge < -0.3 is 9.88 Å². The third kappa shape index (κ3) is 2.97. The summed E-state index contributed by atoms with van der Waals surface area (Å²) < 4.78 is 2.71. The Morgan fingerprint density at radius 3 is 2.12 bits per heavy atom. The smallest absolute Gasteiger partial charge is 0.161 e. The van der Waals surface area contributed by atoms with E-state index in [0.717, 1.165) is 0 Å². The lowest BCUT2D eigenvalue weighted by atomic mass is 9.87. The molecule has 160 valence electrons. The van der Waals surface area contributed by atoms with Crippen molar-refractivity contribution in [2.24, 2.45) is 10.9 Å². The molecule has 2 heterocycles. The first-order valence-electron chi connectivity index (χ1n) is 11.7. The minimum Gasteiger partial charge on any atom is -0.365 e. The predicted octanol–water partition coefficient (Wildman–Crippen LogP) is 7.40. The van der Waals surface area contributed by atoms with Gasteiger partial charge in [0.25, 0.3) is 0 Å². The van der Waals surface area contributed by atoms with Crippen molar-refractivity contribution >= 4 is 42.8 Å². The molecule has 3 nitrogen and oxygen atoms in total. The van der Waals surface area contributed by atoms with Gasteiger partial charge >= 0.3 is 0 Å². The second kappa shape index (κ2) is 7.49. The van der Waals surface area contributed by atoms with Gasteiger partial charge in [-0.25, -0.2) is 0 Å². The third-order valence-electron chi connectivity index (χ3n) is 7.68. The number of fused-ring (bicyclic) bond motifs is 3. The lowest BCUT2D eigenvalue weighted by Gasteiger charge is -2.48. The van der Waals surface area contributed by atoms with Gasteiger partial charge in [-0.15, -0.1) is 0 Å². The van der Waals surface area contributed by atoms with Gasteiger partial charge in [-0.3, -0.25) is 4.99 Å². The largest absolute Gasteiger partial charge is 0.365 e. The van der Waals surface area contributed by atoms with Crippen molar-refractivity contribution in [3.63, 3.8) is 0 Å². The average molecular weight is 436 g/mol. The van der Waals surface area contributed by atoms with Crippen LogP contribution >= 0.6 is 0 Å². The molecule has 1 aliphatic carbocycles. The van der Waals surface area contributed by atoms with Crippen LogP contribution in [0.2, 0.25) is 18.6 Å². The average Bonchev–Trinajstić information content (AvgIpc) is 3.28. The number of aliphatic imine (C=N–C) groups is 1. The Balaban J connectivity index is 1.40. The Morgan fingerprint density at radius 2 is 1.44 bits per heavy atom. The molecule has 1 N–H and O–H groups in total. The number of dihydropyridines is 1. The van der Waals surface area contributed by atoms with E-state index < -0.39 is 8.24 Å². The molecule has 1 saturated carbocycles. The second-order valence-corrected chi connectivity index (χ2v) is 14.2. The van der Waals surface area contributed by atoms with Crippen molar-refractivity contribution in [3.8, 4) is 0 Å². The molecule has 32 heavy (non-hydrogen) atoms. The molecule has 3 atom stereocenters. The maximum atomic E-state index is 5.11. The number of hydrogen-bond acceptors (Lipinski definition) is 3. The van der Waals surface area contributed by atoms with E-state index in [-0.39, 0.29) is 0 Å². The number of nitrogens with zero attached hydrogens (tertiary/aromatic N) is 2. The summed E-state index contributed by atoms with van der Waals surface area (Å²) in [5.41, 5.74) is 8.45. The molecule has 3 aromatic carbocycles. The molecule has 0 aromatic heterocycles. The van der Waals surface area contributed by atoms with E-state index in [1.807, 2.05) is 0 Å². The molecular weight excluding hydrogens is 406 g/mol. The molecule has 4 heteroatoms. The molecule has 3 aliphatic rings. The van der Waals surface area contributed by atoms with Gasteiger partial charge in [0.1, 0.15) is 0 Å². The van der Waals surface area contributed by atoms with Crippen molar-refractivity contribution in [2.45, 2.75) is 37.5 Å². The van der Waals surface area contributed by atoms with Crippen LogP contribution in [0.4, 0.5) is 22.7 Å². The summed E-state index contributed by atoms with van der Waals surface area (Å²) in [4.78, 5) is 5.11. The minimum atomic E-state index is -1.96. The fourth-order valence-electron chi connectivity index (χ4n) is 6.20. The quantitative estimate of drug-likeness (QED) is 0.434. The molecular formula is C28H29N3Si. The number of hydrogen-bond donors (Lipinski definition) is 1. The van der Waals surface area contributed by atoms with Gasteiger partial charge in [-0.2, -0.15) is 0 Å². The zero-order chi connectivity index (χ0) is 21.7. The molecule has 0 radical (unpaired) electrons. The molecule has 1 unspecified atom stereocenters. The number of para-hydroxylation sites is 4. The summed E-state index contributed by atoms with van der Waals surface area (Å²) in [7, 11) is -1.96. The monoisotopic (exact) mass is 435 g/mol. The summed E-state index contributed by atoms with van der Waals surface area (Å²) in [6, 6.07) is 28.8. The van der Waals surface area contributed by atoms with E-state index >= 15 is 0 Å². The molecule has 0 saturated heterocycles. The van der Waals surface area contributed by atoms with Crippen molar-refractivity contribution < 1.29 is 0 Å². The zero-order valence-corrected chi connectivity index (χ0v) is 19.7. The Bertz CT molecular complexity index is 1170. The van der Waals surface area contributed by atoms with Crippen molar-refractivity contribution in [2.75, 3.05) is 9.88 Å². The SMILES string of the molecule is C[Si](C)(C1CC[C@@H]2C(c3ccccc3)=CC=N[C@H]12)N1c2ccccc2Nc2ccccc21. The first-order chi connectivity index (χ1) is 15.6. The summed E-state index contributed by atoms with van der Waals surface area (Å²) in [5, 5.41) is 3.66. The maximum absolute atomic E-state index is 5.11. The van der Waals surface area contributed by atoms with E-state index in [4.69, 9.17) is 4.99 Å². The van der Waals surface area contributed by atoms with E-state index in [1.54, 1.807) is 0 Å². The standard InChI is InChI=1S/C28H29N3Si/c1-32(2,31-25-14-8-6-12-23(25)30-24-13-7-9-15-26(24)31)27-17-16-22-21(18-19-29-28(22)27)20-10-4-3-5-11-20/h3-15,18-19,22,27-28,30H,16-17H2,1-2H3/t22-,27?,28+/m1/s1. The summed E-state index contributed by atoms with van der Waals surface area (Å²) >= 11 is 0.